The summed E-state index contributed by atoms with van der Waals surface area (Å²) in [5.41, 5.74) is 0. The minimum absolute atomic E-state index is 0.0552. The number of esters is 1. The first-order valence-corrected chi connectivity index (χ1v) is 27.7. The molecule has 65 heavy (non-hydrogen) atoms. The Morgan fingerprint density at radius 2 is 0.831 bits per heavy atom. The third kappa shape index (κ3) is 47.6. The van der Waals surface area contributed by atoms with Crippen molar-refractivity contribution in [1.82, 2.24) is 5.32 Å². The highest BCUT2D eigenvalue weighted by Gasteiger charge is 2.24. The van der Waals surface area contributed by atoms with Gasteiger partial charge >= 0.3 is 5.97 Å². The van der Waals surface area contributed by atoms with Crippen molar-refractivity contribution in [2.45, 2.75) is 283 Å². The van der Waals surface area contributed by atoms with Crippen LogP contribution < -0.4 is 5.32 Å². The van der Waals surface area contributed by atoms with Gasteiger partial charge in [0.15, 0.2) is 0 Å². The fourth-order valence-corrected chi connectivity index (χ4v) is 8.10. The maximum atomic E-state index is 13.2. The lowest BCUT2D eigenvalue weighted by Gasteiger charge is -2.24. The van der Waals surface area contributed by atoms with Gasteiger partial charge < -0.3 is 20.3 Å². The van der Waals surface area contributed by atoms with E-state index in [1.54, 1.807) is 0 Å². The predicted octanol–water partition coefficient (Wildman–Crippen LogP) is 17.0. The highest BCUT2D eigenvalue weighted by atomic mass is 16.5. The van der Waals surface area contributed by atoms with E-state index in [4.69, 9.17) is 4.74 Å². The van der Waals surface area contributed by atoms with E-state index < -0.39 is 18.2 Å². The molecule has 0 aromatic rings. The summed E-state index contributed by atoms with van der Waals surface area (Å²) < 4.78 is 5.94. The molecule has 0 heterocycles. The van der Waals surface area contributed by atoms with E-state index in [2.05, 4.69) is 99.0 Å². The van der Waals surface area contributed by atoms with Crippen LogP contribution in [0.15, 0.2) is 72.9 Å². The number of carbonyl (C=O) groups excluding carboxylic acids is 2. The third-order valence-corrected chi connectivity index (χ3v) is 12.3. The fourth-order valence-electron chi connectivity index (χ4n) is 8.10. The highest BCUT2D eigenvalue weighted by molar-refractivity contribution is 5.77. The fraction of sp³-hybridized carbons (Fsp3) is 0.763. The van der Waals surface area contributed by atoms with Crippen LogP contribution in [-0.2, 0) is 14.3 Å². The van der Waals surface area contributed by atoms with Crippen molar-refractivity contribution in [3.8, 4) is 0 Å². The van der Waals surface area contributed by atoms with Gasteiger partial charge in [-0.05, 0) is 96.3 Å². The lowest BCUT2D eigenvalue weighted by molar-refractivity contribution is -0.151. The molecule has 6 nitrogen and oxygen atoms in total. The zero-order chi connectivity index (χ0) is 47.4. The molecule has 0 aromatic carbocycles. The second-order valence-corrected chi connectivity index (χ2v) is 18.6. The SMILES string of the molecule is CC/C=C/C/C=C/C/C=C/CCCCCCCCC(=O)OC(CCCCCC/C=C\C/C=C\C/C=C\CCCCC)CC(=O)NC(CO)C(O)CCCCCCCCCCCCCCC. The quantitative estimate of drug-likeness (QED) is 0.0321. The molecule has 3 N–H and O–H groups in total. The zero-order valence-corrected chi connectivity index (χ0v) is 42.9. The van der Waals surface area contributed by atoms with E-state index in [9.17, 15) is 19.8 Å². The molecule has 6 heteroatoms. The summed E-state index contributed by atoms with van der Waals surface area (Å²) in [6.45, 7) is 6.35. The molecule has 0 bridgehead atoms. The van der Waals surface area contributed by atoms with Crippen molar-refractivity contribution < 1.29 is 24.5 Å². The first-order chi connectivity index (χ1) is 32.0. The van der Waals surface area contributed by atoms with E-state index in [0.29, 0.717) is 19.3 Å². The van der Waals surface area contributed by atoms with Crippen molar-refractivity contribution >= 4 is 11.9 Å². The number of aliphatic hydroxyl groups is 2. The molecule has 0 saturated heterocycles. The Morgan fingerprint density at radius 3 is 1.29 bits per heavy atom. The molecule has 0 radical (unpaired) electrons. The number of allylic oxidation sites excluding steroid dienone is 12. The minimum atomic E-state index is -0.799. The third-order valence-electron chi connectivity index (χ3n) is 12.3. The lowest BCUT2D eigenvalue weighted by atomic mass is 10.0. The molecule has 0 fully saturated rings. The number of rotatable bonds is 49. The van der Waals surface area contributed by atoms with Gasteiger partial charge in [0.1, 0.15) is 6.10 Å². The Balaban J connectivity index is 4.66. The van der Waals surface area contributed by atoms with Gasteiger partial charge in [-0.3, -0.25) is 9.59 Å². The van der Waals surface area contributed by atoms with Crippen molar-refractivity contribution in [2.24, 2.45) is 0 Å². The first-order valence-electron chi connectivity index (χ1n) is 27.7. The molecule has 376 valence electrons. The van der Waals surface area contributed by atoms with Gasteiger partial charge in [-0.15, -0.1) is 0 Å². The number of hydrogen-bond acceptors (Lipinski definition) is 5. The number of hydrogen-bond donors (Lipinski definition) is 3. The van der Waals surface area contributed by atoms with Gasteiger partial charge in [-0.25, -0.2) is 0 Å². The van der Waals surface area contributed by atoms with E-state index in [0.717, 1.165) is 109 Å². The topological polar surface area (TPSA) is 95.9 Å². The van der Waals surface area contributed by atoms with Gasteiger partial charge in [0.2, 0.25) is 5.91 Å². The number of ether oxygens (including phenoxy) is 1. The van der Waals surface area contributed by atoms with Crippen LogP contribution >= 0.6 is 0 Å². The van der Waals surface area contributed by atoms with Gasteiger partial charge in [-0.2, -0.15) is 0 Å². The average molecular weight is 908 g/mol. The largest absolute Gasteiger partial charge is 0.462 e. The molecule has 0 aliphatic heterocycles. The second kappa shape index (κ2) is 52.3. The summed E-state index contributed by atoms with van der Waals surface area (Å²) in [5.74, 6) is -0.508. The van der Waals surface area contributed by atoms with Crippen molar-refractivity contribution in [3.63, 3.8) is 0 Å². The van der Waals surface area contributed by atoms with Gasteiger partial charge in [0, 0.05) is 6.42 Å². The van der Waals surface area contributed by atoms with Crippen LogP contribution in [0.25, 0.3) is 0 Å². The zero-order valence-electron chi connectivity index (χ0n) is 42.9. The number of nitrogens with one attached hydrogen (secondary N) is 1. The monoisotopic (exact) mass is 908 g/mol. The molecule has 1 amide bonds. The maximum Gasteiger partial charge on any atom is 0.306 e. The Hall–Kier alpha value is -2.70. The smallest absolute Gasteiger partial charge is 0.306 e. The minimum Gasteiger partial charge on any atom is -0.462 e. The van der Waals surface area contributed by atoms with E-state index in [-0.39, 0.29) is 24.9 Å². The van der Waals surface area contributed by atoms with Crippen LogP contribution in [0.3, 0.4) is 0 Å². The molecule has 3 atom stereocenters. The second-order valence-electron chi connectivity index (χ2n) is 18.6. The Morgan fingerprint density at radius 1 is 0.462 bits per heavy atom. The van der Waals surface area contributed by atoms with E-state index in [1.165, 1.54) is 109 Å². The Labute approximate surface area is 402 Å². The predicted molar refractivity (Wildman–Crippen MR) is 282 cm³/mol. The van der Waals surface area contributed by atoms with Crippen LogP contribution in [-0.4, -0.2) is 46.9 Å². The van der Waals surface area contributed by atoms with Crippen molar-refractivity contribution in [1.29, 1.82) is 0 Å². The van der Waals surface area contributed by atoms with Crippen LogP contribution in [0.1, 0.15) is 265 Å². The van der Waals surface area contributed by atoms with Crippen LogP contribution in [0.2, 0.25) is 0 Å². The highest BCUT2D eigenvalue weighted by Crippen LogP contribution is 2.18. The number of amides is 1. The van der Waals surface area contributed by atoms with Gasteiger partial charge in [0.25, 0.3) is 0 Å². The Kier molecular flexibility index (Phi) is 50.1. The molecule has 0 aliphatic carbocycles. The van der Waals surface area contributed by atoms with Crippen molar-refractivity contribution in [2.75, 3.05) is 6.61 Å². The Bertz CT molecular complexity index is 1200. The number of unbranched alkanes of at least 4 members (excludes halogenated alkanes) is 25. The first kappa shape index (κ1) is 62.3. The average Bonchev–Trinajstić information content (AvgIpc) is 3.30. The summed E-state index contributed by atoms with van der Waals surface area (Å²) in [7, 11) is 0. The summed E-state index contributed by atoms with van der Waals surface area (Å²) in [5, 5.41) is 23.8. The summed E-state index contributed by atoms with van der Waals surface area (Å²) in [4.78, 5) is 26.2. The maximum absolute atomic E-state index is 13.2. The van der Waals surface area contributed by atoms with Crippen LogP contribution in [0, 0.1) is 0 Å². The van der Waals surface area contributed by atoms with Gasteiger partial charge in [-0.1, -0.05) is 229 Å². The number of carbonyl (C=O) groups is 2. The van der Waals surface area contributed by atoms with Crippen LogP contribution in [0.4, 0.5) is 0 Å². The summed E-state index contributed by atoms with van der Waals surface area (Å²) in [6.07, 6.45) is 66.7. The standard InChI is InChI=1S/C59H105NO5/c1-4-7-10-13-16-19-22-25-27-29-30-33-35-38-41-44-47-50-55(65-59(64)52-49-46-43-40-37-34-31-28-26-23-20-17-14-11-8-5-2)53-58(63)60-56(54-61)57(62)51-48-45-42-39-36-32-24-21-18-15-12-9-6-3/h8,11,16-17,19-20,25-28,30,33,55-57,61-62H,4-7,9-10,12-15,18,21-24,29,31-32,34-54H2,1-3H3,(H,60,63)/b11-8+,19-16-,20-17+,27-25-,28-26+,33-30-. The van der Waals surface area contributed by atoms with Crippen LogP contribution in [0.5, 0.6) is 0 Å². The van der Waals surface area contributed by atoms with E-state index in [1.807, 2.05) is 0 Å². The summed E-state index contributed by atoms with van der Waals surface area (Å²) >= 11 is 0. The lowest BCUT2D eigenvalue weighted by Crippen LogP contribution is -2.46. The molecular weight excluding hydrogens is 803 g/mol. The summed E-state index contributed by atoms with van der Waals surface area (Å²) in [6, 6.07) is -0.715. The molecule has 0 rings (SSSR count). The molecule has 3 unspecified atom stereocenters. The van der Waals surface area contributed by atoms with E-state index >= 15 is 0 Å². The normalized spacial score (nSPS) is 13.7. The molecule has 0 saturated carbocycles. The van der Waals surface area contributed by atoms with Gasteiger partial charge in [0.05, 0.1) is 25.2 Å². The van der Waals surface area contributed by atoms with Crippen molar-refractivity contribution in [3.05, 3.63) is 72.9 Å². The molecule has 0 aromatic heterocycles. The molecule has 0 spiro atoms. The number of aliphatic hydroxyl groups excluding tert-OH is 2. The molecule has 0 aliphatic rings. The molecular formula is C59H105NO5.